The first-order chi connectivity index (χ1) is 5.74. The van der Waals surface area contributed by atoms with Gasteiger partial charge in [-0.3, -0.25) is 15.3 Å². The van der Waals surface area contributed by atoms with Crippen LogP contribution in [0.15, 0.2) is 0 Å². The van der Waals surface area contributed by atoms with Crippen molar-refractivity contribution in [2.45, 2.75) is 19.4 Å². The molecule has 0 aliphatic carbocycles. The van der Waals surface area contributed by atoms with Gasteiger partial charge >= 0.3 is 0 Å². The van der Waals surface area contributed by atoms with Gasteiger partial charge in [-0.25, -0.2) is 9.78 Å². The van der Waals surface area contributed by atoms with E-state index < -0.39 is 6.04 Å². The number of nitrogens with one attached hydrogen (secondary N) is 1. The zero-order valence-corrected chi connectivity index (χ0v) is 6.82. The average Bonchev–Trinajstić information content (AvgIpc) is 2.05. The molecule has 0 unspecified atom stereocenters. The van der Waals surface area contributed by atoms with E-state index in [0.717, 1.165) is 0 Å². The van der Waals surface area contributed by atoms with Gasteiger partial charge in [-0.15, -0.1) is 0 Å². The number of amides is 1. The fourth-order valence-electron chi connectivity index (χ4n) is 0.641. The maximum Gasteiger partial charge on any atom is 0.220 e. The van der Waals surface area contributed by atoms with Crippen molar-refractivity contribution in [2.75, 3.05) is 13.2 Å². The third-order valence-corrected chi connectivity index (χ3v) is 1.24. The van der Waals surface area contributed by atoms with Crippen LogP contribution in [0.3, 0.4) is 0 Å². The standard InChI is InChI=1S/C6H13NO5/c1-2-6(8)7-5(3-11-9)4-12-10/h5,9-10H,2-4H2,1H3,(H,7,8). The van der Waals surface area contributed by atoms with E-state index in [2.05, 4.69) is 15.1 Å². The predicted molar refractivity (Wildman–Crippen MR) is 39.4 cm³/mol. The lowest BCUT2D eigenvalue weighted by Gasteiger charge is -2.14. The second-order valence-corrected chi connectivity index (χ2v) is 2.21. The molecule has 0 radical (unpaired) electrons. The summed E-state index contributed by atoms with van der Waals surface area (Å²) in [5.41, 5.74) is 0. The van der Waals surface area contributed by atoms with Crippen LogP contribution in [0, 0.1) is 0 Å². The van der Waals surface area contributed by atoms with Gasteiger partial charge in [0.15, 0.2) is 0 Å². The van der Waals surface area contributed by atoms with Gasteiger partial charge in [0, 0.05) is 6.42 Å². The van der Waals surface area contributed by atoms with Crippen molar-refractivity contribution in [1.29, 1.82) is 0 Å². The molecule has 0 aromatic rings. The average molecular weight is 179 g/mol. The number of carbonyl (C=O) groups excluding carboxylic acids is 1. The van der Waals surface area contributed by atoms with Crippen LogP contribution in [0.5, 0.6) is 0 Å². The van der Waals surface area contributed by atoms with Gasteiger partial charge in [-0.1, -0.05) is 6.92 Å². The van der Waals surface area contributed by atoms with Crippen LogP contribution in [0.4, 0.5) is 0 Å². The van der Waals surface area contributed by atoms with Crippen molar-refractivity contribution in [1.82, 2.24) is 5.32 Å². The van der Waals surface area contributed by atoms with Crippen LogP contribution >= 0.6 is 0 Å². The van der Waals surface area contributed by atoms with Crippen molar-refractivity contribution < 1.29 is 25.1 Å². The fourth-order valence-corrected chi connectivity index (χ4v) is 0.641. The minimum atomic E-state index is -0.535. The second kappa shape index (κ2) is 6.99. The number of carbonyl (C=O) groups is 1. The quantitative estimate of drug-likeness (QED) is 0.390. The highest BCUT2D eigenvalue weighted by Crippen LogP contribution is 1.87. The third-order valence-electron chi connectivity index (χ3n) is 1.24. The molecule has 0 aliphatic rings. The predicted octanol–water partition coefficient (Wildman–Crippen LogP) is -0.140. The molecule has 0 saturated carbocycles. The van der Waals surface area contributed by atoms with Crippen molar-refractivity contribution in [3.8, 4) is 0 Å². The Morgan fingerprint density at radius 3 is 2.25 bits per heavy atom. The lowest BCUT2D eigenvalue weighted by molar-refractivity contribution is -0.273. The smallest absolute Gasteiger partial charge is 0.220 e. The molecule has 0 spiro atoms. The van der Waals surface area contributed by atoms with Gasteiger partial charge in [-0.05, 0) is 0 Å². The topological polar surface area (TPSA) is 88.0 Å². The summed E-state index contributed by atoms with van der Waals surface area (Å²) in [6.07, 6.45) is 0.327. The van der Waals surface area contributed by atoms with Gasteiger partial charge in [0.1, 0.15) is 13.2 Å². The molecular formula is C6H13NO5. The van der Waals surface area contributed by atoms with Crippen LogP contribution in [-0.2, 0) is 14.6 Å². The molecule has 72 valence electrons. The molecule has 6 nitrogen and oxygen atoms in total. The van der Waals surface area contributed by atoms with E-state index in [1.54, 1.807) is 6.92 Å². The first-order valence-electron chi connectivity index (χ1n) is 3.56. The SMILES string of the molecule is CCC(=O)NC(COO)COO. The van der Waals surface area contributed by atoms with Gasteiger partial charge in [0.25, 0.3) is 0 Å². The van der Waals surface area contributed by atoms with Crippen molar-refractivity contribution in [3.63, 3.8) is 0 Å². The molecule has 1 amide bonds. The summed E-state index contributed by atoms with van der Waals surface area (Å²) in [6.45, 7) is 1.45. The van der Waals surface area contributed by atoms with E-state index in [9.17, 15) is 4.79 Å². The van der Waals surface area contributed by atoms with Crippen LogP contribution < -0.4 is 5.32 Å². The minimum Gasteiger partial charge on any atom is -0.348 e. The van der Waals surface area contributed by atoms with Crippen molar-refractivity contribution >= 4 is 5.91 Å². The summed E-state index contributed by atoms with van der Waals surface area (Å²) in [5, 5.41) is 18.6. The van der Waals surface area contributed by atoms with E-state index in [1.807, 2.05) is 0 Å². The third kappa shape index (κ3) is 5.03. The largest absolute Gasteiger partial charge is 0.348 e. The Morgan fingerprint density at radius 2 is 1.92 bits per heavy atom. The van der Waals surface area contributed by atoms with Crippen LogP contribution in [0.25, 0.3) is 0 Å². The zero-order chi connectivity index (χ0) is 9.40. The van der Waals surface area contributed by atoms with Crippen molar-refractivity contribution in [3.05, 3.63) is 0 Å². The molecule has 6 heteroatoms. The summed E-state index contributed by atoms with van der Waals surface area (Å²) >= 11 is 0. The summed E-state index contributed by atoms with van der Waals surface area (Å²) in [7, 11) is 0. The Hall–Kier alpha value is -0.690. The molecule has 0 aromatic carbocycles. The first kappa shape index (κ1) is 11.3. The Bertz CT molecular complexity index is 123. The fraction of sp³-hybridized carbons (Fsp3) is 0.833. The number of rotatable bonds is 6. The molecule has 3 N–H and O–H groups in total. The Morgan fingerprint density at radius 1 is 1.42 bits per heavy atom. The summed E-state index contributed by atoms with van der Waals surface area (Å²) in [4.78, 5) is 18.4. The zero-order valence-electron chi connectivity index (χ0n) is 6.82. The van der Waals surface area contributed by atoms with Crippen LogP contribution in [0.1, 0.15) is 13.3 Å². The van der Waals surface area contributed by atoms with Gasteiger partial charge < -0.3 is 5.32 Å². The van der Waals surface area contributed by atoms with E-state index in [-0.39, 0.29) is 19.1 Å². The Balaban J connectivity index is 3.68. The molecule has 0 rings (SSSR count). The van der Waals surface area contributed by atoms with Gasteiger partial charge in [0.05, 0.1) is 6.04 Å². The molecule has 0 fully saturated rings. The highest BCUT2D eigenvalue weighted by Gasteiger charge is 2.11. The van der Waals surface area contributed by atoms with Crippen LogP contribution in [-0.4, -0.2) is 35.7 Å². The maximum absolute atomic E-state index is 10.8. The first-order valence-corrected chi connectivity index (χ1v) is 3.56. The van der Waals surface area contributed by atoms with Crippen molar-refractivity contribution in [2.24, 2.45) is 0 Å². The number of hydrogen-bond acceptors (Lipinski definition) is 5. The van der Waals surface area contributed by atoms with E-state index in [4.69, 9.17) is 10.5 Å². The van der Waals surface area contributed by atoms with Gasteiger partial charge in [-0.2, -0.15) is 0 Å². The van der Waals surface area contributed by atoms with E-state index in [0.29, 0.717) is 6.42 Å². The number of hydrogen-bond donors (Lipinski definition) is 3. The monoisotopic (exact) mass is 179 g/mol. The lowest BCUT2D eigenvalue weighted by atomic mass is 10.3. The minimum absolute atomic E-state index is 0.119. The second-order valence-electron chi connectivity index (χ2n) is 2.21. The molecule has 0 bridgehead atoms. The Kier molecular flexibility index (Phi) is 6.58. The summed E-state index contributed by atoms with van der Waals surface area (Å²) in [5.74, 6) is -0.200. The highest BCUT2D eigenvalue weighted by atomic mass is 17.1. The normalized spacial score (nSPS) is 10.3. The molecule has 12 heavy (non-hydrogen) atoms. The van der Waals surface area contributed by atoms with Gasteiger partial charge in [0.2, 0.25) is 5.91 Å². The summed E-state index contributed by atoms with van der Waals surface area (Å²) < 4.78 is 0. The van der Waals surface area contributed by atoms with Crippen LogP contribution in [0.2, 0.25) is 0 Å². The summed E-state index contributed by atoms with van der Waals surface area (Å²) in [6, 6.07) is -0.535. The molecule has 0 saturated heterocycles. The Labute approximate surface area is 69.9 Å². The lowest BCUT2D eigenvalue weighted by Crippen LogP contribution is -2.40. The molecule has 0 atom stereocenters. The molecule has 0 heterocycles. The van der Waals surface area contributed by atoms with E-state index in [1.165, 1.54) is 0 Å². The molecule has 0 aliphatic heterocycles. The maximum atomic E-state index is 10.8. The van der Waals surface area contributed by atoms with E-state index >= 15 is 0 Å². The molecular weight excluding hydrogens is 166 g/mol. The highest BCUT2D eigenvalue weighted by molar-refractivity contribution is 5.75. The molecule has 0 aromatic heterocycles.